The SMILES string of the molecule is CN(c1nc2c(cc1C#N)CCC2)C1CCCC1. The Kier molecular flexibility index (Phi) is 2.95. The van der Waals surface area contributed by atoms with Crippen LogP contribution in [0.5, 0.6) is 0 Å². The first-order chi connectivity index (χ1) is 8.79. The monoisotopic (exact) mass is 241 g/mol. The largest absolute Gasteiger partial charge is 0.356 e. The van der Waals surface area contributed by atoms with Crippen molar-refractivity contribution in [1.29, 1.82) is 5.26 Å². The third-order valence-corrected chi connectivity index (χ3v) is 4.36. The van der Waals surface area contributed by atoms with E-state index >= 15 is 0 Å². The minimum absolute atomic E-state index is 0.573. The molecule has 0 aromatic carbocycles. The summed E-state index contributed by atoms with van der Waals surface area (Å²) in [6.45, 7) is 0. The second-order valence-corrected chi connectivity index (χ2v) is 5.48. The van der Waals surface area contributed by atoms with Gasteiger partial charge in [0.05, 0.1) is 5.56 Å². The molecule has 2 aliphatic rings. The average Bonchev–Trinajstić information content (AvgIpc) is 3.06. The first-order valence-electron chi connectivity index (χ1n) is 6.95. The summed E-state index contributed by atoms with van der Waals surface area (Å²) in [5.74, 6) is 0.907. The number of nitrogens with zero attached hydrogens (tertiary/aromatic N) is 3. The quantitative estimate of drug-likeness (QED) is 0.799. The molecule has 0 amide bonds. The molecule has 1 heterocycles. The lowest BCUT2D eigenvalue weighted by Gasteiger charge is -2.26. The summed E-state index contributed by atoms with van der Waals surface area (Å²) in [5.41, 5.74) is 3.26. The molecule has 1 aromatic rings. The van der Waals surface area contributed by atoms with Crippen LogP contribution in [0.2, 0.25) is 0 Å². The predicted molar refractivity (Wildman–Crippen MR) is 71.6 cm³/mol. The molecule has 0 N–H and O–H groups in total. The van der Waals surface area contributed by atoms with Crippen molar-refractivity contribution in [2.75, 3.05) is 11.9 Å². The number of hydrogen-bond donors (Lipinski definition) is 0. The van der Waals surface area contributed by atoms with Gasteiger partial charge in [0.1, 0.15) is 11.9 Å². The van der Waals surface area contributed by atoms with Crippen LogP contribution in [-0.4, -0.2) is 18.1 Å². The molecule has 3 heteroatoms. The van der Waals surface area contributed by atoms with Crippen molar-refractivity contribution in [3.8, 4) is 6.07 Å². The van der Waals surface area contributed by atoms with Crippen LogP contribution >= 0.6 is 0 Å². The summed E-state index contributed by atoms with van der Waals surface area (Å²) in [4.78, 5) is 7.01. The Labute approximate surface area is 108 Å². The molecular weight excluding hydrogens is 222 g/mol. The lowest BCUT2D eigenvalue weighted by Crippen LogP contribution is -2.30. The zero-order valence-corrected chi connectivity index (χ0v) is 10.9. The topological polar surface area (TPSA) is 39.9 Å². The van der Waals surface area contributed by atoms with Crippen LogP contribution in [-0.2, 0) is 12.8 Å². The fourth-order valence-electron chi connectivity index (χ4n) is 3.28. The summed E-state index contributed by atoms with van der Waals surface area (Å²) in [5, 5.41) is 9.32. The lowest BCUT2D eigenvalue weighted by atomic mass is 10.1. The van der Waals surface area contributed by atoms with E-state index in [0.29, 0.717) is 6.04 Å². The van der Waals surface area contributed by atoms with Crippen LogP contribution in [0.1, 0.15) is 48.9 Å². The summed E-state index contributed by atoms with van der Waals surface area (Å²) in [6, 6.07) is 4.96. The van der Waals surface area contributed by atoms with Gasteiger partial charge < -0.3 is 4.90 Å². The van der Waals surface area contributed by atoms with Crippen LogP contribution in [0.25, 0.3) is 0 Å². The summed E-state index contributed by atoms with van der Waals surface area (Å²) in [6.07, 6.45) is 8.44. The Balaban J connectivity index is 1.97. The van der Waals surface area contributed by atoms with E-state index in [-0.39, 0.29) is 0 Å². The zero-order valence-electron chi connectivity index (χ0n) is 10.9. The molecule has 3 rings (SSSR count). The summed E-state index contributed by atoms with van der Waals surface area (Å²) < 4.78 is 0. The van der Waals surface area contributed by atoms with Gasteiger partial charge in [-0.1, -0.05) is 12.8 Å². The standard InChI is InChI=1S/C15H19N3/c1-18(13-6-2-3-7-13)15-12(10-16)9-11-5-4-8-14(11)17-15/h9,13H,2-8H2,1H3. The Morgan fingerprint density at radius 2 is 2.06 bits per heavy atom. The predicted octanol–water partition coefficient (Wildman–Crippen LogP) is 2.82. The highest BCUT2D eigenvalue weighted by atomic mass is 15.2. The van der Waals surface area contributed by atoms with Crippen molar-refractivity contribution in [2.45, 2.75) is 51.0 Å². The van der Waals surface area contributed by atoms with Crippen LogP contribution in [0.3, 0.4) is 0 Å². The number of nitriles is 1. The number of anilines is 1. The smallest absolute Gasteiger partial charge is 0.146 e. The van der Waals surface area contributed by atoms with Gasteiger partial charge in [-0.15, -0.1) is 0 Å². The molecule has 18 heavy (non-hydrogen) atoms. The third-order valence-electron chi connectivity index (χ3n) is 4.36. The van der Waals surface area contributed by atoms with Gasteiger partial charge in [0.25, 0.3) is 0 Å². The number of pyridine rings is 1. The van der Waals surface area contributed by atoms with Gasteiger partial charge >= 0.3 is 0 Å². The summed E-state index contributed by atoms with van der Waals surface area (Å²) in [7, 11) is 2.10. The van der Waals surface area contributed by atoms with E-state index in [1.807, 2.05) is 0 Å². The maximum absolute atomic E-state index is 9.32. The van der Waals surface area contributed by atoms with Gasteiger partial charge in [-0.25, -0.2) is 4.98 Å². The fraction of sp³-hybridized carbons (Fsp3) is 0.600. The van der Waals surface area contributed by atoms with Gasteiger partial charge in [0, 0.05) is 18.8 Å². The Morgan fingerprint density at radius 1 is 1.28 bits per heavy atom. The molecule has 0 unspecified atom stereocenters. The van der Waals surface area contributed by atoms with E-state index < -0.39 is 0 Å². The maximum Gasteiger partial charge on any atom is 0.146 e. The highest BCUT2D eigenvalue weighted by molar-refractivity contribution is 5.57. The van der Waals surface area contributed by atoms with E-state index in [4.69, 9.17) is 4.98 Å². The fourth-order valence-corrected chi connectivity index (χ4v) is 3.28. The van der Waals surface area contributed by atoms with Crippen molar-refractivity contribution in [3.63, 3.8) is 0 Å². The van der Waals surface area contributed by atoms with E-state index in [1.165, 1.54) is 43.4 Å². The van der Waals surface area contributed by atoms with Crippen LogP contribution in [0, 0.1) is 11.3 Å². The van der Waals surface area contributed by atoms with Gasteiger partial charge in [0.15, 0.2) is 0 Å². The van der Waals surface area contributed by atoms with E-state index in [2.05, 4.69) is 24.1 Å². The second kappa shape index (κ2) is 4.61. The summed E-state index contributed by atoms with van der Waals surface area (Å²) >= 11 is 0. The molecule has 3 nitrogen and oxygen atoms in total. The second-order valence-electron chi connectivity index (χ2n) is 5.48. The van der Waals surface area contributed by atoms with Crippen molar-refractivity contribution in [3.05, 3.63) is 22.9 Å². The molecule has 1 saturated carbocycles. The van der Waals surface area contributed by atoms with Crippen LogP contribution < -0.4 is 4.90 Å². The van der Waals surface area contributed by atoms with Gasteiger partial charge in [-0.2, -0.15) is 5.26 Å². The van der Waals surface area contributed by atoms with Gasteiger partial charge in [-0.3, -0.25) is 0 Å². The Hall–Kier alpha value is -1.56. The highest BCUT2D eigenvalue weighted by Gasteiger charge is 2.24. The number of aryl methyl sites for hydroxylation is 2. The van der Waals surface area contributed by atoms with Crippen molar-refractivity contribution in [1.82, 2.24) is 4.98 Å². The number of aromatic nitrogens is 1. The Morgan fingerprint density at radius 3 is 2.78 bits per heavy atom. The zero-order chi connectivity index (χ0) is 12.5. The van der Waals surface area contributed by atoms with Gasteiger partial charge in [-0.05, 0) is 43.7 Å². The molecule has 0 radical (unpaired) electrons. The molecular formula is C15H19N3. The number of hydrogen-bond acceptors (Lipinski definition) is 3. The molecule has 2 aliphatic carbocycles. The molecule has 0 bridgehead atoms. The van der Waals surface area contributed by atoms with Gasteiger partial charge in [0.2, 0.25) is 0 Å². The van der Waals surface area contributed by atoms with Crippen molar-refractivity contribution < 1.29 is 0 Å². The number of fused-ring (bicyclic) bond motifs is 1. The molecule has 94 valence electrons. The van der Waals surface area contributed by atoms with Crippen molar-refractivity contribution in [2.24, 2.45) is 0 Å². The first-order valence-corrected chi connectivity index (χ1v) is 6.95. The van der Waals surface area contributed by atoms with E-state index in [1.54, 1.807) is 0 Å². The normalized spacial score (nSPS) is 18.7. The number of rotatable bonds is 2. The van der Waals surface area contributed by atoms with Crippen LogP contribution in [0.15, 0.2) is 6.07 Å². The third kappa shape index (κ3) is 1.86. The lowest BCUT2D eigenvalue weighted by molar-refractivity contribution is 0.644. The van der Waals surface area contributed by atoms with Crippen LogP contribution in [0.4, 0.5) is 5.82 Å². The molecule has 1 fully saturated rings. The molecule has 0 saturated heterocycles. The van der Waals surface area contributed by atoms with Crippen molar-refractivity contribution >= 4 is 5.82 Å². The van der Waals surface area contributed by atoms with E-state index in [9.17, 15) is 5.26 Å². The average molecular weight is 241 g/mol. The molecule has 0 aliphatic heterocycles. The Bertz CT molecular complexity index is 495. The molecule has 0 spiro atoms. The maximum atomic E-state index is 9.32. The first kappa shape index (κ1) is 11.5. The molecule has 1 aromatic heterocycles. The molecule has 0 atom stereocenters. The minimum atomic E-state index is 0.573. The minimum Gasteiger partial charge on any atom is -0.356 e. The van der Waals surface area contributed by atoms with E-state index in [0.717, 1.165) is 24.2 Å². The highest BCUT2D eigenvalue weighted by Crippen LogP contribution is 2.31.